The predicted octanol–water partition coefficient (Wildman–Crippen LogP) is 14.2. The molecule has 250 valence electrons. The van der Waals surface area contributed by atoms with Gasteiger partial charge in [0, 0.05) is 33.3 Å². The summed E-state index contributed by atoms with van der Waals surface area (Å²) in [5, 5.41) is 5.02. The van der Waals surface area contributed by atoms with Crippen LogP contribution in [0.2, 0.25) is 0 Å². The molecule has 0 N–H and O–H groups in total. The van der Waals surface area contributed by atoms with E-state index in [-0.39, 0.29) is 0 Å². The first-order chi connectivity index (χ1) is 26.2. The first kappa shape index (κ1) is 30.9. The molecule has 2 nitrogen and oxygen atoms in total. The first-order valence-corrected chi connectivity index (χ1v) is 18.2. The van der Waals surface area contributed by atoms with E-state index in [9.17, 15) is 0 Å². The van der Waals surface area contributed by atoms with Crippen LogP contribution in [0.3, 0.4) is 0 Å². The molecule has 1 aliphatic carbocycles. The lowest BCUT2D eigenvalue weighted by Gasteiger charge is -2.30. The Morgan fingerprint density at radius 1 is 0.547 bits per heavy atom. The highest BCUT2D eigenvalue weighted by Crippen LogP contribution is 2.56. The highest BCUT2D eigenvalue weighted by molar-refractivity contribution is 6.21. The van der Waals surface area contributed by atoms with Gasteiger partial charge in [0.05, 0.1) is 22.4 Å². The molecule has 9 aromatic rings. The fraction of sp³-hybridized carbons (Fsp3) is 0.0196. The van der Waals surface area contributed by atoms with E-state index in [1.54, 1.807) is 0 Å². The Labute approximate surface area is 309 Å². The van der Waals surface area contributed by atoms with Gasteiger partial charge in [-0.15, -0.1) is 0 Å². The second-order valence-electron chi connectivity index (χ2n) is 13.8. The molecule has 53 heavy (non-hydrogen) atoms. The summed E-state index contributed by atoms with van der Waals surface area (Å²) in [5.74, 6) is 0. The van der Waals surface area contributed by atoms with E-state index in [0.717, 1.165) is 22.7 Å². The van der Waals surface area contributed by atoms with Crippen molar-refractivity contribution in [3.8, 4) is 39.1 Å². The molecule has 0 fully saturated rings. The summed E-state index contributed by atoms with van der Waals surface area (Å²) < 4.78 is 2.38. The first-order valence-electron chi connectivity index (χ1n) is 18.2. The SMILES string of the molecule is C=C/C=C\c1c(C)cc2cccc3c2c1-c1cccc(N(c2ccc4c(c2)c2ccccc2n4-c2ccccc2)c2ccccc2-c2ccccc2)c1-3. The van der Waals surface area contributed by atoms with Crippen LogP contribution in [0.4, 0.5) is 17.1 Å². The number of rotatable bonds is 7. The minimum atomic E-state index is 1.11. The quantitative estimate of drug-likeness (QED) is 0.153. The van der Waals surface area contributed by atoms with Crippen molar-refractivity contribution in [3.05, 3.63) is 200 Å². The second kappa shape index (κ2) is 12.4. The van der Waals surface area contributed by atoms with Crippen molar-refractivity contribution in [1.29, 1.82) is 0 Å². The molecule has 0 atom stereocenters. The van der Waals surface area contributed by atoms with E-state index < -0.39 is 0 Å². The van der Waals surface area contributed by atoms with Crippen LogP contribution in [0.5, 0.6) is 0 Å². The average molecular weight is 677 g/mol. The molecule has 0 saturated heterocycles. The van der Waals surface area contributed by atoms with Crippen LogP contribution >= 0.6 is 0 Å². The van der Waals surface area contributed by atoms with Crippen LogP contribution in [0.15, 0.2) is 189 Å². The number of hydrogen-bond donors (Lipinski definition) is 0. The van der Waals surface area contributed by atoms with E-state index in [1.807, 2.05) is 6.08 Å². The molecule has 0 spiro atoms. The lowest BCUT2D eigenvalue weighted by atomic mass is 9.93. The number of anilines is 3. The topological polar surface area (TPSA) is 8.17 Å². The molecular weight excluding hydrogens is 641 g/mol. The maximum absolute atomic E-state index is 3.98. The van der Waals surface area contributed by atoms with E-state index in [1.165, 1.54) is 77.1 Å². The number of fused-ring (bicyclic) bond motifs is 6. The van der Waals surface area contributed by atoms with Gasteiger partial charge >= 0.3 is 0 Å². The molecular formula is C51H36N2. The molecule has 0 radical (unpaired) electrons. The van der Waals surface area contributed by atoms with Crippen LogP contribution in [-0.4, -0.2) is 4.57 Å². The van der Waals surface area contributed by atoms with Gasteiger partial charge in [-0.3, -0.25) is 0 Å². The smallest absolute Gasteiger partial charge is 0.0546 e. The number of para-hydroxylation sites is 3. The van der Waals surface area contributed by atoms with Crippen LogP contribution < -0.4 is 4.90 Å². The molecule has 0 amide bonds. The van der Waals surface area contributed by atoms with Gasteiger partial charge in [0.1, 0.15) is 0 Å². The van der Waals surface area contributed by atoms with E-state index in [0.29, 0.717) is 0 Å². The Kier molecular flexibility index (Phi) is 7.23. The summed E-state index contributed by atoms with van der Waals surface area (Å²) >= 11 is 0. The molecule has 1 heterocycles. The van der Waals surface area contributed by atoms with E-state index in [4.69, 9.17) is 0 Å². The number of allylic oxidation sites excluding steroid dienone is 2. The largest absolute Gasteiger partial charge is 0.309 e. The minimum absolute atomic E-state index is 1.11. The molecule has 8 aromatic carbocycles. The lowest BCUT2D eigenvalue weighted by molar-refractivity contribution is 1.18. The summed E-state index contributed by atoms with van der Waals surface area (Å²) in [6.45, 7) is 6.20. The zero-order chi connectivity index (χ0) is 35.5. The van der Waals surface area contributed by atoms with Crippen molar-refractivity contribution >= 4 is 55.7 Å². The fourth-order valence-electron chi connectivity index (χ4n) is 8.59. The summed E-state index contributed by atoms with van der Waals surface area (Å²) in [6, 6.07) is 61.9. The maximum Gasteiger partial charge on any atom is 0.0546 e. The Morgan fingerprint density at radius 3 is 2.08 bits per heavy atom. The summed E-state index contributed by atoms with van der Waals surface area (Å²) in [7, 11) is 0. The summed E-state index contributed by atoms with van der Waals surface area (Å²) in [6.07, 6.45) is 6.13. The summed E-state index contributed by atoms with van der Waals surface area (Å²) in [4.78, 5) is 2.49. The van der Waals surface area contributed by atoms with Crippen molar-refractivity contribution < 1.29 is 0 Å². The Hall–Kier alpha value is -6.90. The maximum atomic E-state index is 3.98. The monoisotopic (exact) mass is 676 g/mol. The van der Waals surface area contributed by atoms with Crippen molar-refractivity contribution in [2.75, 3.05) is 4.90 Å². The second-order valence-corrected chi connectivity index (χ2v) is 13.8. The highest BCUT2D eigenvalue weighted by atomic mass is 15.1. The van der Waals surface area contributed by atoms with Gasteiger partial charge < -0.3 is 9.47 Å². The molecule has 0 aliphatic heterocycles. The van der Waals surface area contributed by atoms with Crippen molar-refractivity contribution in [2.45, 2.75) is 6.92 Å². The molecule has 1 aromatic heterocycles. The van der Waals surface area contributed by atoms with Gasteiger partial charge in [-0.25, -0.2) is 0 Å². The number of hydrogen-bond acceptors (Lipinski definition) is 1. The molecule has 1 aliphatic rings. The Balaban J connectivity index is 1.29. The molecule has 0 bridgehead atoms. The van der Waals surface area contributed by atoms with E-state index >= 15 is 0 Å². The average Bonchev–Trinajstić information content (AvgIpc) is 3.73. The normalized spacial score (nSPS) is 11.9. The molecule has 2 heteroatoms. The van der Waals surface area contributed by atoms with Crippen molar-refractivity contribution in [2.24, 2.45) is 0 Å². The van der Waals surface area contributed by atoms with Crippen LogP contribution in [0, 0.1) is 6.92 Å². The van der Waals surface area contributed by atoms with Crippen LogP contribution in [-0.2, 0) is 0 Å². The van der Waals surface area contributed by atoms with Gasteiger partial charge in [-0.2, -0.15) is 0 Å². The third-order valence-electron chi connectivity index (χ3n) is 10.8. The number of nitrogens with zero attached hydrogens (tertiary/aromatic N) is 2. The third-order valence-corrected chi connectivity index (χ3v) is 10.8. The number of aromatic nitrogens is 1. The predicted molar refractivity (Wildman–Crippen MR) is 227 cm³/mol. The fourth-order valence-corrected chi connectivity index (χ4v) is 8.59. The van der Waals surface area contributed by atoms with Gasteiger partial charge in [0.25, 0.3) is 0 Å². The Bertz CT molecular complexity index is 2910. The zero-order valence-electron chi connectivity index (χ0n) is 29.5. The lowest BCUT2D eigenvalue weighted by Crippen LogP contribution is -2.12. The Morgan fingerprint density at radius 2 is 1.23 bits per heavy atom. The zero-order valence-corrected chi connectivity index (χ0v) is 29.5. The van der Waals surface area contributed by atoms with Crippen molar-refractivity contribution in [3.63, 3.8) is 0 Å². The van der Waals surface area contributed by atoms with E-state index in [2.05, 4.69) is 205 Å². The standard InChI is InChI=1S/C51H36N2/c1-3-4-22-39-34(2)32-36-19-15-25-42-49(36)51(39)43-26-16-29-48(50(42)43)53(45-27-13-11-23-40(45)35-17-7-5-8-18-35)38-30-31-47-44(33-38)41-24-12-14-28-46(41)52(47)37-20-9-6-10-21-37/h3-33H,1H2,2H3/b22-4-. The van der Waals surface area contributed by atoms with Gasteiger partial charge in [0.2, 0.25) is 0 Å². The number of benzene rings is 8. The van der Waals surface area contributed by atoms with Crippen molar-refractivity contribution in [1.82, 2.24) is 4.57 Å². The van der Waals surface area contributed by atoms with Crippen LogP contribution in [0.1, 0.15) is 11.1 Å². The van der Waals surface area contributed by atoms with Gasteiger partial charge in [0.15, 0.2) is 0 Å². The minimum Gasteiger partial charge on any atom is -0.309 e. The molecule has 0 unspecified atom stereocenters. The molecule has 10 rings (SSSR count). The highest BCUT2D eigenvalue weighted by Gasteiger charge is 2.30. The molecule has 0 saturated carbocycles. The van der Waals surface area contributed by atoms with Gasteiger partial charge in [-0.05, 0) is 99.6 Å². The summed E-state index contributed by atoms with van der Waals surface area (Å²) in [5.41, 5.74) is 16.8. The van der Waals surface area contributed by atoms with Crippen LogP contribution in [0.25, 0.3) is 77.7 Å². The van der Waals surface area contributed by atoms with Gasteiger partial charge in [-0.1, -0.05) is 146 Å². The number of aryl methyl sites for hydroxylation is 1. The third kappa shape index (κ3) is 4.80.